The number of para-hydroxylation sites is 2. The van der Waals surface area contributed by atoms with E-state index >= 15 is 0 Å². The molecule has 2 heterocycles. The number of aromatic nitrogens is 3. The average Bonchev–Trinajstić information content (AvgIpc) is 3.31. The number of carboxylic acid groups (broad SMARTS) is 1. The number of fused-ring (bicyclic) bond motifs is 1. The molecule has 0 saturated carbocycles. The fourth-order valence-electron chi connectivity index (χ4n) is 2.94. The monoisotopic (exact) mass is 470 g/mol. The van der Waals surface area contributed by atoms with Gasteiger partial charge in [0.1, 0.15) is 0 Å². The number of hydrogen-bond acceptors (Lipinski definition) is 5. The van der Waals surface area contributed by atoms with Crippen LogP contribution in [0.25, 0.3) is 21.9 Å². The third-order valence-electron chi connectivity index (χ3n) is 4.24. The highest BCUT2D eigenvalue weighted by atomic mass is 79.9. The van der Waals surface area contributed by atoms with E-state index in [0.717, 1.165) is 15.5 Å². The quantitative estimate of drug-likeness (QED) is 0.427. The van der Waals surface area contributed by atoms with Gasteiger partial charge >= 0.3 is 5.97 Å². The molecule has 2 aromatic heterocycles. The molecule has 2 N–H and O–H groups in total. The van der Waals surface area contributed by atoms with E-state index in [2.05, 4.69) is 31.2 Å². The number of carbonyl (C=O) groups is 2. The first-order chi connectivity index (χ1) is 14.0. The first kappa shape index (κ1) is 19.3. The number of aromatic carboxylic acids is 1. The molecule has 0 atom stereocenters. The molecule has 0 aliphatic carbocycles. The van der Waals surface area contributed by atoms with Gasteiger partial charge in [-0.3, -0.25) is 4.79 Å². The van der Waals surface area contributed by atoms with Crippen LogP contribution in [-0.2, 0) is 11.3 Å². The third-order valence-corrected chi connectivity index (χ3v) is 5.57. The van der Waals surface area contributed by atoms with Crippen LogP contribution < -0.4 is 5.32 Å². The van der Waals surface area contributed by atoms with Gasteiger partial charge in [0.05, 0.1) is 11.0 Å². The summed E-state index contributed by atoms with van der Waals surface area (Å²) in [6.07, 6.45) is 0.233. The van der Waals surface area contributed by atoms with E-state index in [-0.39, 0.29) is 18.0 Å². The van der Waals surface area contributed by atoms with Crippen molar-refractivity contribution in [3.8, 4) is 10.8 Å². The molecule has 29 heavy (non-hydrogen) atoms. The summed E-state index contributed by atoms with van der Waals surface area (Å²) in [4.78, 5) is 32.4. The van der Waals surface area contributed by atoms with Gasteiger partial charge in [-0.25, -0.2) is 14.8 Å². The molecule has 2 aromatic carbocycles. The van der Waals surface area contributed by atoms with Crippen LogP contribution in [0, 0.1) is 0 Å². The number of amides is 1. The summed E-state index contributed by atoms with van der Waals surface area (Å²) in [5.41, 5.74) is 2.33. The third kappa shape index (κ3) is 4.20. The molecule has 0 saturated heterocycles. The van der Waals surface area contributed by atoms with Crippen LogP contribution in [0.3, 0.4) is 0 Å². The van der Waals surface area contributed by atoms with Crippen molar-refractivity contribution in [1.29, 1.82) is 0 Å². The zero-order valence-electron chi connectivity index (χ0n) is 15.0. The Morgan fingerprint density at radius 3 is 2.72 bits per heavy atom. The maximum atomic E-state index is 12.4. The number of carbonyl (C=O) groups excluding carboxylic acids is 1. The zero-order valence-corrected chi connectivity index (χ0v) is 17.4. The topological polar surface area (TPSA) is 97.1 Å². The summed E-state index contributed by atoms with van der Waals surface area (Å²) in [5, 5.41) is 14.0. The summed E-state index contributed by atoms with van der Waals surface area (Å²) in [7, 11) is 0. The molecule has 0 aliphatic rings. The van der Waals surface area contributed by atoms with Crippen LogP contribution in [0.15, 0.2) is 58.4 Å². The molecule has 0 spiro atoms. The van der Waals surface area contributed by atoms with Crippen LogP contribution in [-0.4, -0.2) is 31.5 Å². The summed E-state index contributed by atoms with van der Waals surface area (Å²) in [5.74, 6) is -0.653. The number of benzene rings is 2. The van der Waals surface area contributed by atoms with Crippen molar-refractivity contribution in [3.63, 3.8) is 0 Å². The van der Waals surface area contributed by atoms with Crippen LogP contribution in [0.2, 0.25) is 0 Å². The first-order valence-electron chi connectivity index (χ1n) is 8.71. The van der Waals surface area contributed by atoms with Gasteiger partial charge in [-0.1, -0.05) is 34.1 Å². The smallest absolute Gasteiger partial charge is 0.355 e. The highest BCUT2D eigenvalue weighted by molar-refractivity contribution is 9.10. The van der Waals surface area contributed by atoms with E-state index in [1.165, 1.54) is 16.7 Å². The Kier molecular flexibility index (Phi) is 5.41. The van der Waals surface area contributed by atoms with Gasteiger partial charge in [0.15, 0.2) is 16.5 Å². The van der Waals surface area contributed by atoms with Gasteiger partial charge in [0, 0.05) is 28.5 Å². The predicted octanol–water partition coefficient (Wildman–Crippen LogP) is 4.65. The molecule has 0 fully saturated rings. The summed E-state index contributed by atoms with van der Waals surface area (Å²) in [6, 6.07) is 15.0. The second-order valence-corrected chi connectivity index (χ2v) is 8.00. The Balaban J connectivity index is 1.60. The maximum absolute atomic E-state index is 12.4. The zero-order chi connectivity index (χ0) is 20.4. The SMILES string of the molecule is O=C(CCn1c(-c2nc(C(=O)O)cs2)nc2ccccc21)Nc1cccc(Br)c1. The van der Waals surface area contributed by atoms with Gasteiger partial charge in [-0.15, -0.1) is 11.3 Å². The van der Waals surface area contributed by atoms with Crippen molar-refractivity contribution in [2.75, 3.05) is 5.32 Å². The minimum Gasteiger partial charge on any atom is -0.476 e. The fourth-order valence-corrected chi connectivity index (χ4v) is 4.13. The number of nitrogens with zero attached hydrogens (tertiary/aromatic N) is 3. The normalized spacial score (nSPS) is 10.9. The molecule has 146 valence electrons. The molecular weight excluding hydrogens is 456 g/mol. The van der Waals surface area contributed by atoms with Gasteiger partial charge in [-0.2, -0.15) is 0 Å². The number of aryl methyl sites for hydroxylation is 1. The molecular formula is C20H15BrN4O3S. The Labute approximate surface area is 178 Å². The van der Waals surface area contributed by atoms with E-state index in [0.29, 0.717) is 23.1 Å². The molecule has 4 rings (SSSR count). The van der Waals surface area contributed by atoms with Crippen molar-refractivity contribution >= 4 is 55.9 Å². The molecule has 7 nitrogen and oxygen atoms in total. The number of halogens is 1. The number of thiazole rings is 1. The van der Waals surface area contributed by atoms with E-state index in [9.17, 15) is 9.59 Å². The van der Waals surface area contributed by atoms with Gasteiger partial charge in [0.2, 0.25) is 5.91 Å². The van der Waals surface area contributed by atoms with Crippen molar-refractivity contribution in [2.45, 2.75) is 13.0 Å². The highest BCUT2D eigenvalue weighted by Crippen LogP contribution is 2.28. The second-order valence-electron chi connectivity index (χ2n) is 6.23. The Morgan fingerprint density at radius 1 is 1.14 bits per heavy atom. The number of hydrogen-bond donors (Lipinski definition) is 2. The van der Waals surface area contributed by atoms with Gasteiger partial charge in [-0.05, 0) is 30.3 Å². The average molecular weight is 471 g/mol. The largest absolute Gasteiger partial charge is 0.476 e. The molecule has 1 amide bonds. The Morgan fingerprint density at radius 2 is 1.97 bits per heavy atom. The van der Waals surface area contributed by atoms with E-state index in [1.54, 1.807) is 0 Å². The van der Waals surface area contributed by atoms with Crippen LogP contribution >= 0.6 is 27.3 Å². The lowest BCUT2D eigenvalue weighted by Crippen LogP contribution is -2.15. The fraction of sp³-hybridized carbons (Fsp3) is 0.100. The molecule has 9 heteroatoms. The van der Waals surface area contributed by atoms with Crippen molar-refractivity contribution < 1.29 is 14.7 Å². The highest BCUT2D eigenvalue weighted by Gasteiger charge is 2.18. The lowest BCUT2D eigenvalue weighted by Gasteiger charge is -2.09. The van der Waals surface area contributed by atoms with Crippen LogP contribution in [0.1, 0.15) is 16.9 Å². The molecule has 0 aliphatic heterocycles. The summed E-state index contributed by atoms with van der Waals surface area (Å²) >= 11 is 4.60. The molecule has 4 aromatic rings. The van der Waals surface area contributed by atoms with E-state index in [4.69, 9.17) is 5.11 Å². The minimum atomic E-state index is -1.08. The maximum Gasteiger partial charge on any atom is 0.355 e. The standard InChI is InChI=1S/C20H15BrN4O3S/c21-12-4-3-5-13(10-12)22-17(26)8-9-25-16-7-2-1-6-14(16)23-18(25)19-24-15(11-29-19)20(27)28/h1-7,10-11H,8-9H2,(H,22,26)(H,27,28). The molecule has 0 radical (unpaired) electrons. The second kappa shape index (κ2) is 8.14. The number of nitrogens with one attached hydrogen (secondary N) is 1. The van der Waals surface area contributed by atoms with Gasteiger partial charge < -0.3 is 15.0 Å². The molecule has 0 bridgehead atoms. The lowest BCUT2D eigenvalue weighted by atomic mass is 10.3. The minimum absolute atomic E-state index is 0.0176. The number of anilines is 1. The summed E-state index contributed by atoms with van der Waals surface area (Å²) < 4.78 is 2.79. The first-order valence-corrected chi connectivity index (χ1v) is 10.4. The van der Waals surface area contributed by atoms with Crippen molar-refractivity contribution in [3.05, 3.63) is 64.1 Å². The van der Waals surface area contributed by atoms with Gasteiger partial charge in [0.25, 0.3) is 0 Å². The van der Waals surface area contributed by atoms with E-state index < -0.39 is 5.97 Å². The Bertz CT molecular complexity index is 1220. The Hall–Kier alpha value is -3.04. The lowest BCUT2D eigenvalue weighted by molar-refractivity contribution is -0.116. The summed E-state index contributed by atoms with van der Waals surface area (Å²) in [6.45, 7) is 0.387. The number of imidazole rings is 1. The number of rotatable bonds is 6. The van der Waals surface area contributed by atoms with Crippen LogP contribution in [0.5, 0.6) is 0 Å². The predicted molar refractivity (Wildman–Crippen MR) is 115 cm³/mol. The van der Waals surface area contributed by atoms with Crippen molar-refractivity contribution in [1.82, 2.24) is 14.5 Å². The van der Waals surface area contributed by atoms with E-state index in [1.807, 2.05) is 53.1 Å². The number of carboxylic acids is 1. The van der Waals surface area contributed by atoms with Crippen molar-refractivity contribution in [2.24, 2.45) is 0 Å². The molecule has 0 unspecified atom stereocenters. The van der Waals surface area contributed by atoms with Crippen LogP contribution in [0.4, 0.5) is 5.69 Å².